The van der Waals surface area contributed by atoms with Gasteiger partial charge in [-0.1, -0.05) is 12.1 Å². The highest BCUT2D eigenvalue weighted by Crippen LogP contribution is 2.11. The lowest BCUT2D eigenvalue weighted by atomic mass is 10.1. The molecule has 2 aromatic rings. The Bertz CT molecular complexity index is 784. The van der Waals surface area contributed by atoms with Crippen LogP contribution in [0.1, 0.15) is 18.9 Å². The quantitative estimate of drug-likeness (QED) is 0.915. The number of benzene rings is 1. The molecule has 1 aromatic heterocycles. The molecule has 1 fully saturated rings. The van der Waals surface area contributed by atoms with Gasteiger partial charge in [0, 0.05) is 38.6 Å². The molecule has 6 nitrogen and oxygen atoms in total. The topological polar surface area (TPSA) is 67.2 Å². The zero-order chi connectivity index (χ0) is 16.4. The van der Waals surface area contributed by atoms with Crippen LogP contribution in [0.3, 0.4) is 0 Å². The highest BCUT2D eigenvalue weighted by atomic mass is 16.2. The fourth-order valence-electron chi connectivity index (χ4n) is 3.03. The van der Waals surface area contributed by atoms with Crippen molar-refractivity contribution < 1.29 is 4.79 Å². The van der Waals surface area contributed by atoms with Gasteiger partial charge in [0.15, 0.2) is 0 Å². The van der Waals surface area contributed by atoms with Gasteiger partial charge < -0.3 is 10.2 Å². The van der Waals surface area contributed by atoms with Gasteiger partial charge in [-0.2, -0.15) is 0 Å². The SMILES string of the molecule is Cc1cccc2c(=O)n(CCC(=O)N3CCNC(C)C3)cnc12. The minimum atomic E-state index is -0.0832. The van der Waals surface area contributed by atoms with E-state index in [9.17, 15) is 9.59 Å². The molecule has 0 bridgehead atoms. The number of hydrogen-bond donors (Lipinski definition) is 1. The number of aryl methyl sites for hydroxylation is 2. The first-order valence-electron chi connectivity index (χ1n) is 8.02. The molecule has 23 heavy (non-hydrogen) atoms. The molecule has 1 aliphatic heterocycles. The predicted molar refractivity (Wildman–Crippen MR) is 89.4 cm³/mol. The van der Waals surface area contributed by atoms with Gasteiger partial charge in [-0.05, 0) is 25.5 Å². The van der Waals surface area contributed by atoms with Gasteiger partial charge in [0.1, 0.15) is 0 Å². The first kappa shape index (κ1) is 15.7. The second-order valence-electron chi connectivity index (χ2n) is 6.16. The monoisotopic (exact) mass is 314 g/mol. The Kier molecular flexibility index (Phi) is 4.43. The molecular formula is C17H22N4O2. The summed E-state index contributed by atoms with van der Waals surface area (Å²) in [7, 11) is 0. The second kappa shape index (κ2) is 6.50. The van der Waals surface area contributed by atoms with Gasteiger partial charge >= 0.3 is 0 Å². The summed E-state index contributed by atoms with van der Waals surface area (Å²) >= 11 is 0. The summed E-state index contributed by atoms with van der Waals surface area (Å²) < 4.78 is 1.53. The van der Waals surface area contributed by atoms with Gasteiger partial charge in [-0.3, -0.25) is 14.2 Å². The van der Waals surface area contributed by atoms with Crippen LogP contribution in [0.25, 0.3) is 10.9 Å². The van der Waals surface area contributed by atoms with Gasteiger partial charge in [0.05, 0.1) is 17.2 Å². The Balaban J connectivity index is 1.73. The molecule has 3 rings (SSSR count). The fraction of sp³-hybridized carbons (Fsp3) is 0.471. The zero-order valence-electron chi connectivity index (χ0n) is 13.6. The summed E-state index contributed by atoms with van der Waals surface area (Å²) in [6.45, 7) is 6.65. The molecule has 1 N–H and O–H groups in total. The van der Waals surface area contributed by atoms with Crippen molar-refractivity contribution >= 4 is 16.8 Å². The van der Waals surface area contributed by atoms with E-state index in [0.29, 0.717) is 24.4 Å². The van der Waals surface area contributed by atoms with E-state index in [1.165, 1.54) is 4.57 Å². The third-order valence-corrected chi connectivity index (χ3v) is 4.34. The van der Waals surface area contributed by atoms with E-state index in [1.807, 2.05) is 24.0 Å². The van der Waals surface area contributed by atoms with Crippen LogP contribution >= 0.6 is 0 Å². The van der Waals surface area contributed by atoms with E-state index in [1.54, 1.807) is 12.4 Å². The van der Waals surface area contributed by atoms with E-state index >= 15 is 0 Å². The lowest BCUT2D eigenvalue weighted by Crippen LogP contribution is -2.51. The third kappa shape index (κ3) is 3.27. The third-order valence-electron chi connectivity index (χ3n) is 4.34. The molecule has 1 aliphatic rings. The molecule has 0 spiro atoms. The average Bonchev–Trinajstić information content (AvgIpc) is 2.55. The highest BCUT2D eigenvalue weighted by molar-refractivity contribution is 5.80. The van der Waals surface area contributed by atoms with Crippen LogP contribution in [0, 0.1) is 6.92 Å². The van der Waals surface area contributed by atoms with Crippen LogP contribution in [0.2, 0.25) is 0 Å². The van der Waals surface area contributed by atoms with E-state index in [-0.39, 0.29) is 11.5 Å². The molecule has 2 heterocycles. The van der Waals surface area contributed by atoms with E-state index < -0.39 is 0 Å². The normalized spacial score (nSPS) is 18.3. The molecule has 0 radical (unpaired) electrons. The predicted octanol–water partition coefficient (Wildman–Crippen LogP) is 0.915. The van der Waals surface area contributed by atoms with Gasteiger partial charge in [-0.15, -0.1) is 0 Å². The zero-order valence-corrected chi connectivity index (χ0v) is 13.6. The van der Waals surface area contributed by atoms with Gasteiger partial charge in [-0.25, -0.2) is 4.98 Å². The smallest absolute Gasteiger partial charge is 0.261 e. The van der Waals surface area contributed by atoms with Gasteiger partial charge in [0.25, 0.3) is 5.56 Å². The molecule has 122 valence electrons. The Hall–Kier alpha value is -2.21. The molecule has 0 aliphatic carbocycles. The molecule has 1 unspecified atom stereocenters. The molecule has 1 aromatic carbocycles. The van der Waals surface area contributed by atoms with Crippen molar-refractivity contribution in [2.75, 3.05) is 19.6 Å². The largest absolute Gasteiger partial charge is 0.340 e. The Morgan fingerprint density at radius 1 is 1.43 bits per heavy atom. The summed E-state index contributed by atoms with van der Waals surface area (Å²) in [5, 5.41) is 3.92. The number of para-hydroxylation sites is 1. The fourth-order valence-corrected chi connectivity index (χ4v) is 3.03. The molecule has 1 saturated heterocycles. The lowest BCUT2D eigenvalue weighted by Gasteiger charge is -2.32. The van der Waals surface area contributed by atoms with Crippen molar-refractivity contribution in [3.05, 3.63) is 40.4 Å². The number of hydrogen-bond acceptors (Lipinski definition) is 4. The minimum Gasteiger partial charge on any atom is -0.340 e. The number of rotatable bonds is 3. The first-order valence-corrected chi connectivity index (χ1v) is 8.02. The summed E-state index contributed by atoms with van der Waals surface area (Å²) in [6, 6.07) is 5.90. The van der Waals surface area contributed by atoms with Crippen molar-refractivity contribution in [3.63, 3.8) is 0 Å². The number of carbonyl (C=O) groups excluding carboxylic acids is 1. The molecule has 1 atom stereocenters. The Morgan fingerprint density at radius 2 is 2.26 bits per heavy atom. The van der Waals surface area contributed by atoms with Crippen LogP contribution in [0.5, 0.6) is 0 Å². The number of nitrogens with one attached hydrogen (secondary N) is 1. The summed E-state index contributed by atoms with van der Waals surface area (Å²) in [6.07, 6.45) is 1.87. The minimum absolute atomic E-state index is 0.0832. The summed E-state index contributed by atoms with van der Waals surface area (Å²) in [5.41, 5.74) is 1.63. The lowest BCUT2D eigenvalue weighted by molar-refractivity contribution is -0.132. The van der Waals surface area contributed by atoms with E-state index in [2.05, 4.69) is 17.2 Å². The number of piperazine rings is 1. The van der Waals surface area contributed by atoms with Gasteiger partial charge in [0.2, 0.25) is 5.91 Å². The molecule has 6 heteroatoms. The standard InChI is InChI=1S/C17H22N4O2/c1-12-4-3-5-14-16(12)19-11-21(17(14)23)8-6-15(22)20-9-7-18-13(2)10-20/h3-5,11,13,18H,6-10H2,1-2H3. The average molecular weight is 314 g/mol. The van der Waals surface area contributed by atoms with Crippen molar-refractivity contribution in [3.8, 4) is 0 Å². The van der Waals surface area contributed by atoms with Crippen LogP contribution in [0.15, 0.2) is 29.3 Å². The van der Waals surface area contributed by atoms with Crippen LogP contribution in [-0.4, -0.2) is 46.0 Å². The maximum Gasteiger partial charge on any atom is 0.261 e. The first-order chi connectivity index (χ1) is 11.1. The number of fused-ring (bicyclic) bond motifs is 1. The molecular weight excluding hydrogens is 292 g/mol. The maximum atomic E-state index is 12.5. The van der Waals surface area contributed by atoms with Crippen LogP contribution < -0.4 is 10.9 Å². The number of aromatic nitrogens is 2. The second-order valence-corrected chi connectivity index (χ2v) is 6.16. The van der Waals surface area contributed by atoms with Crippen molar-refractivity contribution in [1.82, 2.24) is 19.8 Å². The Morgan fingerprint density at radius 3 is 3.04 bits per heavy atom. The van der Waals surface area contributed by atoms with Crippen LogP contribution in [0.4, 0.5) is 0 Å². The summed E-state index contributed by atoms with van der Waals surface area (Å²) in [4.78, 5) is 31.1. The Labute approximate surface area is 135 Å². The highest BCUT2D eigenvalue weighted by Gasteiger charge is 2.20. The molecule has 1 amide bonds. The van der Waals surface area contributed by atoms with Crippen molar-refractivity contribution in [2.45, 2.75) is 32.9 Å². The van der Waals surface area contributed by atoms with E-state index in [0.717, 1.165) is 30.7 Å². The molecule has 0 saturated carbocycles. The van der Waals surface area contributed by atoms with Crippen LogP contribution in [-0.2, 0) is 11.3 Å². The summed E-state index contributed by atoms with van der Waals surface area (Å²) in [5.74, 6) is 0.0922. The number of carbonyl (C=O) groups is 1. The van der Waals surface area contributed by atoms with E-state index in [4.69, 9.17) is 0 Å². The van der Waals surface area contributed by atoms with Crippen molar-refractivity contribution in [2.24, 2.45) is 0 Å². The maximum absolute atomic E-state index is 12.5. The number of nitrogens with zero attached hydrogens (tertiary/aromatic N) is 3. The number of amides is 1. The van der Waals surface area contributed by atoms with Crippen molar-refractivity contribution in [1.29, 1.82) is 0 Å².